The van der Waals surface area contributed by atoms with Crippen molar-refractivity contribution in [2.75, 3.05) is 26.2 Å². The Bertz CT molecular complexity index is 1170. The number of benzene rings is 1. The predicted octanol–water partition coefficient (Wildman–Crippen LogP) is -2.66. The molecule has 1 aromatic heterocycles. The largest absolute Gasteiger partial charge is 1.00 e. The van der Waals surface area contributed by atoms with Crippen LogP contribution in [0.4, 0.5) is 13.2 Å². The Morgan fingerprint density at radius 3 is 2.52 bits per heavy atom. The first kappa shape index (κ1) is 33.1. The summed E-state index contributed by atoms with van der Waals surface area (Å²) in [5, 5.41) is 5.60. The highest BCUT2D eigenvalue weighted by Gasteiger charge is 2.58. The van der Waals surface area contributed by atoms with Gasteiger partial charge in [0.05, 0.1) is 29.5 Å². The van der Waals surface area contributed by atoms with Gasteiger partial charge < -0.3 is 40.3 Å². The van der Waals surface area contributed by atoms with Crippen molar-refractivity contribution in [2.45, 2.75) is 82.7 Å². The number of amides is 1. The Morgan fingerprint density at radius 1 is 1.10 bits per heavy atom. The highest BCUT2D eigenvalue weighted by Crippen LogP contribution is 2.46. The van der Waals surface area contributed by atoms with Crippen LogP contribution in [0, 0.1) is 24.6 Å². The second-order valence-electron chi connectivity index (χ2n) is 11.7. The highest BCUT2D eigenvalue weighted by atomic mass is 35.5. The fourth-order valence-corrected chi connectivity index (χ4v) is 8.91. The van der Waals surface area contributed by atoms with Gasteiger partial charge in [-0.25, -0.2) is 18.2 Å². The molecule has 1 spiro atoms. The fourth-order valence-electron chi connectivity index (χ4n) is 7.70. The van der Waals surface area contributed by atoms with Gasteiger partial charge in [-0.1, -0.05) is 25.6 Å². The van der Waals surface area contributed by atoms with E-state index in [0.29, 0.717) is 37.8 Å². The van der Waals surface area contributed by atoms with E-state index in [1.54, 1.807) is 17.4 Å². The van der Waals surface area contributed by atoms with Gasteiger partial charge in [0.2, 0.25) is 11.8 Å². The molecular formula is C29H41Cl2F3N4OS. The van der Waals surface area contributed by atoms with Crippen LogP contribution in [-0.4, -0.2) is 53.9 Å². The van der Waals surface area contributed by atoms with Gasteiger partial charge in [-0.15, -0.1) is 11.3 Å². The average Bonchev–Trinajstić information content (AvgIpc) is 3.48. The van der Waals surface area contributed by atoms with Crippen LogP contribution in [0.2, 0.25) is 0 Å². The number of halogens is 5. The molecule has 5 nitrogen and oxygen atoms in total. The topological polar surface area (TPSA) is 66.4 Å². The normalized spacial score (nSPS) is 29.6. The summed E-state index contributed by atoms with van der Waals surface area (Å²) in [6, 6.07) is 6.77. The van der Waals surface area contributed by atoms with Crippen LogP contribution in [0.1, 0.15) is 73.0 Å². The number of piperidine rings is 1. The zero-order chi connectivity index (χ0) is 25.8. The van der Waals surface area contributed by atoms with Crippen molar-refractivity contribution in [3.8, 4) is 0 Å². The van der Waals surface area contributed by atoms with E-state index < -0.39 is 5.92 Å². The molecule has 224 valence electrons. The molecule has 4 heterocycles. The number of carbonyl (C=O) groups is 1. The Morgan fingerprint density at radius 2 is 1.80 bits per heavy atom. The number of rotatable bonds is 3. The van der Waals surface area contributed by atoms with Crippen LogP contribution in [0.25, 0.3) is 0 Å². The number of hydrogen-bond acceptors (Lipinski definition) is 3. The Balaban J connectivity index is 0.00000147. The number of nitrogens with zero attached hydrogens (tertiary/aromatic N) is 2. The Kier molecular flexibility index (Phi) is 10.6. The van der Waals surface area contributed by atoms with Gasteiger partial charge in [0.25, 0.3) is 0 Å². The van der Waals surface area contributed by atoms with Crippen LogP contribution in [0.5, 0.6) is 0 Å². The molecule has 11 heteroatoms. The summed E-state index contributed by atoms with van der Waals surface area (Å²) in [4.78, 5) is 22.5. The lowest BCUT2D eigenvalue weighted by molar-refractivity contribution is -0.691. The summed E-state index contributed by atoms with van der Waals surface area (Å²) in [6.45, 7) is 5.94. The zero-order valence-corrected chi connectivity index (χ0v) is 24.5. The maximum atomic E-state index is 14.7. The third-order valence-corrected chi connectivity index (χ3v) is 10.8. The fraction of sp³-hybridized carbons (Fsp3) is 0.655. The van der Waals surface area contributed by atoms with Crippen LogP contribution < -0.4 is 35.4 Å². The standard InChI is InChI=1S/C28H35F3N4OS.CH4.2ClH/c1-17-34-23-14-33-16-27(25(23)37-17)15-32-13-21(27)26(36)35-11-8-19(20-4-2-3-5-22(20)29)12-24(35)18-6-9-28(30,31)10-7-18;;;/h2-5,18-19,21,24,32-33H,6-16H2,1H3;1H4;2*1H/t19-,21+,24+,27+;;;/m1.../s1. The monoisotopic (exact) mass is 620 g/mol. The van der Waals surface area contributed by atoms with E-state index >= 15 is 0 Å². The number of likely N-dealkylation sites (tertiary alicyclic amines) is 1. The third kappa shape index (κ3) is 5.91. The predicted molar refractivity (Wildman–Crippen MR) is 142 cm³/mol. The van der Waals surface area contributed by atoms with Crippen LogP contribution in [0.3, 0.4) is 0 Å². The summed E-state index contributed by atoms with van der Waals surface area (Å²) in [6.07, 6.45) is 1.93. The Labute approximate surface area is 251 Å². The van der Waals surface area contributed by atoms with Gasteiger partial charge >= 0.3 is 0 Å². The SMILES string of the molecule is C.Cc1nc2c(s1)[C@]1(C[NH2+]C2)C[NH2+]C[C@H]1C(=O)N1CC[C@@H](c2ccccc2F)C[C@H]1C1CCC(F)(F)CC1.[Cl-].[Cl-]. The molecular weight excluding hydrogens is 580 g/mol. The van der Waals surface area contributed by atoms with E-state index in [-0.39, 0.29) is 86.0 Å². The minimum absolute atomic E-state index is 0. The minimum Gasteiger partial charge on any atom is -1.00 e. The van der Waals surface area contributed by atoms with Crippen molar-refractivity contribution < 1.29 is 53.4 Å². The smallest absolute Gasteiger partial charge is 0.248 e. The molecule has 2 saturated heterocycles. The van der Waals surface area contributed by atoms with E-state index in [0.717, 1.165) is 36.9 Å². The summed E-state index contributed by atoms with van der Waals surface area (Å²) >= 11 is 1.74. The molecule has 4 N–H and O–H groups in total. The molecule has 0 radical (unpaired) electrons. The summed E-state index contributed by atoms with van der Waals surface area (Å²) in [5.74, 6) is -2.79. The van der Waals surface area contributed by atoms with Crippen LogP contribution in [0.15, 0.2) is 24.3 Å². The number of carbonyl (C=O) groups excluding carboxylic acids is 1. The molecule has 2 aromatic rings. The molecule has 6 rings (SSSR count). The third-order valence-electron chi connectivity index (χ3n) is 9.56. The van der Waals surface area contributed by atoms with Gasteiger partial charge in [0, 0.05) is 25.4 Å². The number of hydrogen-bond donors (Lipinski definition) is 2. The van der Waals surface area contributed by atoms with Crippen molar-refractivity contribution >= 4 is 17.2 Å². The van der Waals surface area contributed by atoms with Crippen molar-refractivity contribution in [1.82, 2.24) is 9.88 Å². The molecule has 1 aliphatic carbocycles. The number of aryl methyl sites for hydroxylation is 1. The van der Waals surface area contributed by atoms with E-state index in [1.165, 1.54) is 10.9 Å². The number of nitrogens with two attached hydrogens (primary N) is 2. The Hall–Kier alpha value is -1.39. The maximum Gasteiger partial charge on any atom is 0.248 e. The van der Waals surface area contributed by atoms with Gasteiger partial charge in [-0.2, -0.15) is 0 Å². The second kappa shape index (κ2) is 12.9. The summed E-state index contributed by atoms with van der Waals surface area (Å²) in [5.41, 5.74) is 1.58. The number of alkyl halides is 2. The molecule has 4 atom stereocenters. The molecule has 0 unspecified atom stereocenters. The maximum absolute atomic E-state index is 14.7. The molecule has 4 aliphatic rings. The van der Waals surface area contributed by atoms with E-state index in [1.807, 2.05) is 24.0 Å². The molecule has 3 fully saturated rings. The van der Waals surface area contributed by atoms with E-state index in [4.69, 9.17) is 4.98 Å². The first-order valence-electron chi connectivity index (χ1n) is 13.8. The molecule has 1 aromatic carbocycles. The van der Waals surface area contributed by atoms with E-state index in [9.17, 15) is 18.0 Å². The zero-order valence-electron chi connectivity index (χ0n) is 22.2. The average molecular weight is 622 g/mol. The first-order chi connectivity index (χ1) is 17.8. The molecule has 0 bridgehead atoms. The van der Waals surface area contributed by atoms with Crippen molar-refractivity contribution in [3.63, 3.8) is 0 Å². The quantitative estimate of drug-likeness (QED) is 0.394. The lowest BCUT2D eigenvalue weighted by Crippen LogP contribution is -3.00. The van der Waals surface area contributed by atoms with Crippen LogP contribution in [-0.2, 0) is 16.8 Å². The summed E-state index contributed by atoms with van der Waals surface area (Å²) in [7, 11) is 0. The van der Waals surface area contributed by atoms with Gasteiger partial charge in [-0.05, 0) is 56.1 Å². The molecule has 1 saturated carbocycles. The molecule has 40 heavy (non-hydrogen) atoms. The minimum atomic E-state index is -2.62. The number of aromatic nitrogens is 1. The lowest BCUT2D eigenvalue weighted by Gasteiger charge is -2.47. The highest BCUT2D eigenvalue weighted by molar-refractivity contribution is 7.11. The lowest BCUT2D eigenvalue weighted by atomic mass is 9.71. The van der Waals surface area contributed by atoms with Gasteiger partial charge in [0.15, 0.2) is 0 Å². The number of thiazole rings is 1. The number of quaternary nitrogens is 2. The van der Waals surface area contributed by atoms with Gasteiger partial charge in [0.1, 0.15) is 29.4 Å². The van der Waals surface area contributed by atoms with Crippen LogP contribution >= 0.6 is 11.3 Å². The van der Waals surface area contributed by atoms with Gasteiger partial charge in [-0.3, -0.25) is 4.79 Å². The second-order valence-corrected chi connectivity index (χ2v) is 12.9. The van der Waals surface area contributed by atoms with Crippen molar-refractivity contribution in [3.05, 3.63) is 51.2 Å². The molecule has 1 amide bonds. The molecule has 3 aliphatic heterocycles. The van der Waals surface area contributed by atoms with E-state index in [2.05, 4.69) is 10.6 Å². The first-order valence-corrected chi connectivity index (χ1v) is 14.6. The van der Waals surface area contributed by atoms with Crippen molar-refractivity contribution in [2.24, 2.45) is 11.8 Å². The summed E-state index contributed by atoms with van der Waals surface area (Å²) < 4.78 is 42.9. The van der Waals surface area contributed by atoms with Crippen molar-refractivity contribution in [1.29, 1.82) is 0 Å². The number of fused-ring (bicyclic) bond motifs is 2.